The van der Waals surface area contributed by atoms with Crippen molar-refractivity contribution in [3.05, 3.63) is 126 Å². The smallest absolute Gasteiger partial charge is 0.251 e. The molecule has 0 fully saturated rings. The lowest BCUT2D eigenvalue weighted by Crippen LogP contribution is -2.31. The first-order valence-corrected chi connectivity index (χ1v) is 13.4. The number of sulfonamides is 1. The van der Waals surface area contributed by atoms with Crippen LogP contribution < -0.4 is 10.0 Å². The maximum Gasteiger partial charge on any atom is 0.251 e. The minimum atomic E-state index is -3.67. The van der Waals surface area contributed by atoms with E-state index in [1.165, 1.54) is 16.8 Å². The molecule has 1 atom stereocenters. The van der Waals surface area contributed by atoms with Crippen molar-refractivity contribution in [1.29, 1.82) is 0 Å². The van der Waals surface area contributed by atoms with Crippen molar-refractivity contribution >= 4 is 15.9 Å². The summed E-state index contributed by atoms with van der Waals surface area (Å²) in [7, 11) is -3.67. The van der Waals surface area contributed by atoms with E-state index >= 15 is 0 Å². The molecular formula is C27H25N7O3S. The predicted octanol–water partition coefficient (Wildman–Crippen LogP) is 3.11. The first-order chi connectivity index (χ1) is 18.5. The van der Waals surface area contributed by atoms with Gasteiger partial charge in [-0.05, 0) is 42.0 Å². The summed E-state index contributed by atoms with van der Waals surface area (Å²) in [6, 6.07) is 26.4. The SMILES string of the molecule is O=C(NC(Cn1cccn1)c1ccccc1)c1cccc(-n2cc(CNS(=O)(=O)c3ccccc3)nn2)c1. The highest BCUT2D eigenvalue weighted by molar-refractivity contribution is 7.89. The standard InChI is InChI=1S/C27H25N7O3S/c35-27(30-26(20-33-16-8-15-28-33)21-9-3-1-4-10-21)22-11-7-12-24(17-22)34-19-23(31-32-34)18-29-38(36,37)25-13-5-2-6-14-25/h1-17,19,26,29H,18,20H2,(H,30,35). The molecule has 2 N–H and O–H groups in total. The minimum Gasteiger partial charge on any atom is -0.343 e. The summed E-state index contributed by atoms with van der Waals surface area (Å²) in [5, 5.41) is 15.5. The second-order valence-corrected chi connectivity index (χ2v) is 10.3. The van der Waals surface area contributed by atoms with E-state index in [1.54, 1.807) is 59.5 Å². The van der Waals surface area contributed by atoms with Crippen molar-refractivity contribution in [3.8, 4) is 5.69 Å². The Hall–Kier alpha value is -4.61. The normalized spacial score (nSPS) is 12.2. The molecule has 3 aromatic carbocycles. The number of nitrogens with one attached hydrogen (secondary N) is 2. The number of hydrogen-bond donors (Lipinski definition) is 2. The number of aromatic nitrogens is 5. The zero-order chi connectivity index (χ0) is 26.4. The van der Waals surface area contributed by atoms with E-state index in [2.05, 4.69) is 25.4 Å². The molecule has 5 rings (SSSR count). The van der Waals surface area contributed by atoms with Crippen molar-refractivity contribution in [2.24, 2.45) is 0 Å². The first-order valence-electron chi connectivity index (χ1n) is 11.9. The summed E-state index contributed by atoms with van der Waals surface area (Å²) in [6.07, 6.45) is 5.17. The van der Waals surface area contributed by atoms with Gasteiger partial charge in [-0.15, -0.1) is 5.10 Å². The minimum absolute atomic E-state index is 0.0242. The Morgan fingerprint density at radius 3 is 2.42 bits per heavy atom. The maximum atomic E-state index is 13.2. The molecule has 2 heterocycles. The van der Waals surface area contributed by atoms with Crippen LogP contribution in [0.4, 0.5) is 0 Å². The topological polar surface area (TPSA) is 124 Å². The van der Waals surface area contributed by atoms with Gasteiger partial charge in [0.05, 0.1) is 41.6 Å². The first kappa shape index (κ1) is 25.1. The van der Waals surface area contributed by atoms with E-state index in [4.69, 9.17) is 0 Å². The lowest BCUT2D eigenvalue weighted by Gasteiger charge is -2.19. The van der Waals surface area contributed by atoms with Crippen LogP contribution in [0.3, 0.4) is 0 Å². The van der Waals surface area contributed by atoms with E-state index < -0.39 is 10.0 Å². The van der Waals surface area contributed by atoms with E-state index in [-0.39, 0.29) is 23.4 Å². The third-order valence-electron chi connectivity index (χ3n) is 5.85. The van der Waals surface area contributed by atoms with Gasteiger partial charge in [0.2, 0.25) is 10.0 Å². The highest BCUT2D eigenvalue weighted by atomic mass is 32.2. The highest BCUT2D eigenvalue weighted by Gasteiger charge is 2.18. The number of nitrogens with zero attached hydrogens (tertiary/aromatic N) is 5. The fourth-order valence-electron chi connectivity index (χ4n) is 3.90. The Bertz CT molecular complexity index is 1600. The summed E-state index contributed by atoms with van der Waals surface area (Å²) in [5.41, 5.74) is 2.46. The van der Waals surface area contributed by atoms with Gasteiger partial charge in [0, 0.05) is 18.0 Å². The van der Waals surface area contributed by atoms with Gasteiger partial charge >= 0.3 is 0 Å². The second-order valence-electron chi connectivity index (χ2n) is 8.51. The van der Waals surface area contributed by atoms with Crippen LogP contribution in [-0.2, 0) is 23.1 Å². The molecule has 192 valence electrons. The van der Waals surface area contributed by atoms with Crippen molar-refractivity contribution in [3.63, 3.8) is 0 Å². The third-order valence-corrected chi connectivity index (χ3v) is 7.26. The van der Waals surface area contributed by atoms with E-state index in [1.807, 2.05) is 42.6 Å². The largest absolute Gasteiger partial charge is 0.343 e. The van der Waals surface area contributed by atoms with Gasteiger partial charge in [-0.25, -0.2) is 17.8 Å². The molecule has 38 heavy (non-hydrogen) atoms. The zero-order valence-electron chi connectivity index (χ0n) is 20.3. The number of amides is 1. The average Bonchev–Trinajstić information content (AvgIpc) is 3.65. The lowest BCUT2D eigenvalue weighted by molar-refractivity contribution is 0.0931. The van der Waals surface area contributed by atoms with Gasteiger partial charge in [-0.3, -0.25) is 9.48 Å². The van der Waals surface area contributed by atoms with E-state index in [0.717, 1.165) is 5.56 Å². The fraction of sp³-hybridized carbons (Fsp3) is 0.111. The zero-order valence-corrected chi connectivity index (χ0v) is 21.1. The van der Waals surface area contributed by atoms with Crippen LogP contribution in [0.2, 0.25) is 0 Å². The predicted molar refractivity (Wildman–Crippen MR) is 141 cm³/mol. The molecule has 11 heteroatoms. The van der Waals surface area contributed by atoms with Gasteiger partial charge in [-0.1, -0.05) is 59.8 Å². The summed E-state index contributed by atoms with van der Waals surface area (Å²) in [5.74, 6) is -0.246. The molecule has 2 aromatic heterocycles. The number of carbonyl (C=O) groups is 1. The lowest BCUT2D eigenvalue weighted by atomic mass is 10.1. The molecule has 0 aliphatic heterocycles. The van der Waals surface area contributed by atoms with Gasteiger partial charge in [-0.2, -0.15) is 5.10 Å². The van der Waals surface area contributed by atoms with Crippen LogP contribution in [0, 0.1) is 0 Å². The molecule has 0 saturated carbocycles. The molecule has 0 saturated heterocycles. The van der Waals surface area contributed by atoms with E-state index in [0.29, 0.717) is 23.5 Å². The van der Waals surface area contributed by atoms with Crippen molar-refractivity contribution in [2.45, 2.75) is 24.0 Å². The Morgan fingerprint density at radius 1 is 0.921 bits per heavy atom. The molecular weight excluding hydrogens is 502 g/mol. The molecule has 0 spiro atoms. The van der Waals surface area contributed by atoms with Gasteiger partial charge in [0.15, 0.2) is 0 Å². The molecule has 1 unspecified atom stereocenters. The molecule has 0 radical (unpaired) electrons. The number of hydrogen-bond acceptors (Lipinski definition) is 6. The third kappa shape index (κ3) is 6.02. The van der Waals surface area contributed by atoms with Crippen LogP contribution >= 0.6 is 0 Å². The van der Waals surface area contributed by atoms with Crippen LogP contribution in [0.1, 0.15) is 27.7 Å². The molecule has 5 aromatic rings. The Morgan fingerprint density at radius 2 is 1.68 bits per heavy atom. The van der Waals surface area contributed by atoms with E-state index in [9.17, 15) is 13.2 Å². The molecule has 10 nitrogen and oxygen atoms in total. The van der Waals surface area contributed by atoms with Gasteiger partial charge in [0.25, 0.3) is 5.91 Å². The number of rotatable bonds is 10. The number of carbonyl (C=O) groups excluding carboxylic acids is 1. The Balaban J connectivity index is 1.29. The van der Waals surface area contributed by atoms with Gasteiger partial charge in [0.1, 0.15) is 0 Å². The summed E-state index contributed by atoms with van der Waals surface area (Å²) < 4.78 is 30.8. The summed E-state index contributed by atoms with van der Waals surface area (Å²) in [4.78, 5) is 13.4. The monoisotopic (exact) mass is 527 g/mol. The quantitative estimate of drug-likeness (QED) is 0.288. The Kier molecular flexibility index (Phi) is 7.38. The molecule has 0 aliphatic rings. The fourth-order valence-corrected chi connectivity index (χ4v) is 4.92. The van der Waals surface area contributed by atoms with Crippen LogP contribution in [0.25, 0.3) is 5.69 Å². The van der Waals surface area contributed by atoms with Gasteiger partial charge < -0.3 is 5.32 Å². The second kappa shape index (κ2) is 11.2. The van der Waals surface area contributed by atoms with Crippen LogP contribution in [0.5, 0.6) is 0 Å². The summed E-state index contributed by atoms with van der Waals surface area (Å²) in [6.45, 7) is 0.456. The molecule has 1 amide bonds. The van der Waals surface area contributed by atoms with Crippen molar-refractivity contribution in [2.75, 3.05) is 0 Å². The van der Waals surface area contributed by atoms with Crippen LogP contribution in [-0.4, -0.2) is 39.1 Å². The highest BCUT2D eigenvalue weighted by Crippen LogP contribution is 2.17. The maximum absolute atomic E-state index is 13.2. The number of benzene rings is 3. The average molecular weight is 528 g/mol. The molecule has 0 bridgehead atoms. The molecule has 0 aliphatic carbocycles. The Labute approximate surface area is 220 Å². The summed E-state index contributed by atoms with van der Waals surface area (Å²) >= 11 is 0. The van der Waals surface area contributed by atoms with Crippen molar-refractivity contribution < 1.29 is 13.2 Å². The van der Waals surface area contributed by atoms with Crippen molar-refractivity contribution in [1.82, 2.24) is 34.8 Å². The van der Waals surface area contributed by atoms with Crippen LogP contribution in [0.15, 0.2) is 114 Å².